The van der Waals surface area contributed by atoms with Crippen LogP contribution in [0.2, 0.25) is 0 Å². The van der Waals surface area contributed by atoms with Crippen LogP contribution in [0.4, 0.5) is 5.69 Å². The predicted molar refractivity (Wildman–Crippen MR) is 82.3 cm³/mol. The van der Waals surface area contributed by atoms with Gasteiger partial charge in [0.15, 0.2) is 0 Å². The van der Waals surface area contributed by atoms with Crippen molar-refractivity contribution in [2.75, 3.05) is 12.4 Å². The van der Waals surface area contributed by atoms with Crippen LogP contribution in [0.5, 0.6) is 0 Å². The number of anilines is 1. The molecule has 0 aliphatic heterocycles. The normalized spacial score (nSPS) is 23.5. The quantitative estimate of drug-likeness (QED) is 0.878. The van der Waals surface area contributed by atoms with Crippen LogP contribution in [0.25, 0.3) is 0 Å². The third kappa shape index (κ3) is 3.52. The van der Waals surface area contributed by atoms with Gasteiger partial charge in [-0.2, -0.15) is 0 Å². The lowest BCUT2D eigenvalue weighted by Crippen LogP contribution is -2.37. The molecule has 0 aromatic heterocycles. The fraction of sp³-hybridized carbons (Fsp3) is 0.600. The van der Waals surface area contributed by atoms with Gasteiger partial charge in [0.1, 0.15) is 4.90 Å². The number of hydrogen-bond acceptors (Lipinski definition) is 3. The van der Waals surface area contributed by atoms with Gasteiger partial charge in [0, 0.05) is 13.1 Å². The number of nitrogens with one attached hydrogen (secondary N) is 2. The second kappa shape index (κ2) is 6.59. The molecular weight excluding hydrogens is 272 g/mol. The Labute approximate surface area is 122 Å². The maximum atomic E-state index is 12.5. The highest BCUT2D eigenvalue weighted by Gasteiger charge is 2.26. The van der Waals surface area contributed by atoms with E-state index in [-0.39, 0.29) is 6.04 Å². The molecule has 0 saturated heterocycles. The van der Waals surface area contributed by atoms with Crippen LogP contribution in [0.15, 0.2) is 29.2 Å². The number of sulfonamides is 1. The van der Waals surface area contributed by atoms with Crippen molar-refractivity contribution >= 4 is 15.7 Å². The van der Waals surface area contributed by atoms with Crippen LogP contribution in [-0.2, 0) is 10.0 Å². The van der Waals surface area contributed by atoms with Gasteiger partial charge in [0.05, 0.1) is 5.69 Å². The zero-order valence-corrected chi connectivity index (χ0v) is 13.0. The molecular formula is C15H24N2O2S. The van der Waals surface area contributed by atoms with E-state index < -0.39 is 10.0 Å². The van der Waals surface area contributed by atoms with Crippen molar-refractivity contribution < 1.29 is 8.42 Å². The summed E-state index contributed by atoms with van der Waals surface area (Å²) in [7, 11) is -1.70. The predicted octanol–water partition coefficient (Wildman–Crippen LogP) is 2.98. The van der Waals surface area contributed by atoms with E-state index in [9.17, 15) is 8.42 Å². The smallest absolute Gasteiger partial charge is 0.242 e. The minimum Gasteiger partial charge on any atom is -0.387 e. The van der Waals surface area contributed by atoms with Crippen LogP contribution >= 0.6 is 0 Å². The van der Waals surface area contributed by atoms with Crippen molar-refractivity contribution in [3.63, 3.8) is 0 Å². The number of benzene rings is 1. The summed E-state index contributed by atoms with van der Waals surface area (Å²) in [5.41, 5.74) is 0.641. The van der Waals surface area contributed by atoms with E-state index in [0.29, 0.717) is 10.6 Å². The number of hydrogen-bond donors (Lipinski definition) is 2. The van der Waals surface area contributed by atoms with E-state index >= 15 is 0 Å². The Kier molecular flexibility index (Phi) is 5.05. The molecule has 1 aliphatic rings. The first kappa shape index (κ1) is 15.3. The van der Waals surface area contributed by atoms with Crippen LogP contribution < -0.4 is 10.0 Å². The molecule has 1 fully saturated rings. The summed E-state index contributed by atoms with van der Waals surface area (Å²) in [5, 5.41) is 2.94. The number of para-hydroxylation sites is 1. The molecule has 0 atom stereocenters. The van der Waals surface area contributed by atoms with Gasteiger partial charge in [-0.25, -0.2) is 13.1 Å². The molecule has 0 amide bonds. The molecule has 5 heteroatoms. The van der Waals surface area contributed by atoms with E-state index in [0.717, 1.165) is 31.6 Å². The summed E-state index contributed by atoms with van der Waals surface area (Å²) in [6.07, 6.45) is 5.33. The fourth-order valence-corrected chi connectivity index (χ4v) is 4.40. The minimum absolute atomic E-state index is 0.0766. The van der Waals surface area contributed by atoms with Crippen molar-refractivity contribution in [2.45, 2.75) is 50.0 Å². The van der Waals surface area contributed by atoms with Crippen molar-refractivity contribution in [2.24, 2.45) is 5.92 Å². The minimum atomic E-state index is -3.44. The Morgan fingerprint density at radius 1 is 1.15 bits per heavy atom. The third-order valence-corrected chi connectivity index (χ3v) is 5.77. The maximum Gasteiger partial charge on any atom is 0.242 e. The Bertz CT molecular complexity index is 535. The Morgan fingerprint density at radius 3 is 2.40 bits per heavy atom. The number of rotatable bonds is 5. The second-order valence-corrected chi connectivity index (χ2v) is 7.18. The van der Waals surface area contributed by atoms with Crippen molar-refractivity contribution in [3.05, 3.63) is 24.3 Å². The lowest BCUT2D eigenvalue weighted by atomic mass is 9.85. The van der Waals surface area contributed by atoms with Crippen LogP contribution in [0, 0.1) is 5.92 Å². The van der Waals surface area contributed by atoms with Gasteiger partial charge in [-0.1, -0.05) is 25.5 Å². The maximum absolute atomic E-state index is 12.5. The first-order valence-electron chi connectivity index (χ1n) is 7.36. The van der Waals surface area contributed by atoms with Gasteiger partial charge in [0.25, 0.3) is 0 Å². The van der Waals surface area contributed by atoms with E-state index in [1.807, 2.05) is 6.07 Å². The molecule has 112 valence electrons. The van der Waals surface area contributed by atoms with E-state index in [1.54, 1.807) is 25.2 Å². The van der Waals surface area contributed by atoms with Gasteiger partial charge in [-0.05, 0) is 43.7 Å². The average molecular weight is 296 g/mol. The van der Waals surface area contributed by atoms with Gasteiger partial charge in [-0.15, -0.1) is 0 Å². The molecule has 1 saturated carbocycles. The highest BCUT2D eigenvalue weighted by Crippen LogP contribution is 2.28. The molecule has 0 bridgehead atoms. The summed E-state index contributed by atoms with van der Waals surface area (Å²) in [6, 6.07) is 7.09. The van der Waals surface area contributed by atoms with Crippen molar-refractivity contribution in [1.29, 1.82) is 0 Å². The Hall–Kier alpha value is -1.07. The van der Waals surface area contributed by atoms with Crippen molar-refractivity contribution in [3.8, 4) is 0 Å². The zero-order chi connectivity index (χ0) is 14.6. The summed E-state index contributed by atoms with van der Waals surface area (Å²) >= 11 is 0. The monoisotopic (exact) mass is 296 g/mol. The summed E-state index contributed by atoms with van der Waals surface area (Å²) in [5.74, 6) is 0.764. The molecule has 1 aromatic rings. The standard InChI is InChI=1S/C15H24N2O2S/c1-3-12-8-10-13(11-9-12)17-20(18,19)15-7-5-4-6-14(15)16-2/h4-7,12-13,16-17H,3,8-11H2,1-2H3. The molecule has 0 spiro atoms. The van der Waals surface area contributed by atoms with Gasteiger partial charge in [-0.3, -0.25) is 0 Å². The van der Waals surface area contributed by atoms with Gasteiger partial charge < -0.3 is 5.32 Å². The highest BCUT2D eigenvalue weighted by molar-refractivity contribution is 7.89. The molecule has 0 unspecified atom stereocenters. The second-order valence-electron chi connectivity index (χ2n) is 5.49. The third-order valence-electron chi connectivity index (χ3n) is 4.19. The van der Waals surface area contributed by atoms with E-state index in [2.05, 4.69) is 17.0 Å². The van der Waals surface area contributed by atoms with E-state index in [4.69, 9.17) is 0 Å². The van der Waals surface area contributed by atoms with Crippen LogP contribution in [0.3, 0.4) is 0 Å². The zero-order valence-electron chi connectivity index (χ0n) is 12.2. The first-order valence-corrected chi connectivity index (χ1v) is 8.84. The SMILES string of the molecule is CCC1CCC(NS(=O)(=O)c2ccccc2NC)CC1. The van der Waals surface area contributed by atoms with Crippen LogP contribution in [0.1, 0.15) is 39.0 Å². The van der Waals surface area contributed by atoms with Gasteiger partial charge in [0.2, 0.25) is 10.0 Å². The largest absolute Gasteiger partial charge is 0.387 e. The summed E-state index contributed by atoms with van der Waals surface area (Å²) in [4.78, 5) is 0.333. The molecule has 4 nitrogen and oxygen atoms in total. The molecule has 0 heterocycles. The average Bonchev–Trinajstić information content (AvgIpc) is 2.47. The first-order chi connectivity index (χ1) is 9.56. The molecule has 2 rings (SSSR count). The Balaban J connectivity index is 2.08. The Morgan fingerprint density at radius 2 is 1.80 bits per heavy atom. The topological polar surface area (TPSA) is 58.2 Å². The molecule has 1 aromatic carbocycles. The molecule has 1 aliphatic carbocycles. The molecule has 2 N–H and O–H groups in total. The summed E-state index contributed by atoms with van der Waals surface area (Å²) in [6.45, 7) is 2.21. The van der Waals surface area contributed by atoms with E-state index in [1.165, 1.54) is 6.42 Å². The fourth-order valence-electron chi connectivity index (χ4n) is 2.88. The van der Waals surface area contributed by atoms with Crippen molar-refractivity contribution in [1.82, 2.24) is 4.72 Å². The molecule has 0 radical (unpaired) electrons. The van der Waals surface area contributed by atoms with Crippen LogP contribution in [-0.4, -0.2) is 21.5 Å². The van der Waals surface area contributed by atoms with Gasteiger partial charge >= 0.3 is 0 Å². The molecule has 20 heavy (non-hydrogen) atoms. The highest BCUT2D eigenvalue weighted by atomic mass is 32.2. The lowest BCUT2D eigenvalue weighted by molar-refractivity contribution is 0.306. The summed E-state index contributed by atoms with van der Waals surface area (Å²) < 4.78 is 27.8. The lowest BCUT2D eigenvalue weighted by Gasteiger charge is -2.28.